The Balaban J connectivity index is 1.82. The molecule has 2 aromatic carbocycles. The monoisotopic (exact) mass is 276 g/mol. The Bertz CT molecular complexity index is 735. The minimum atomic E-state index is 0.471. The number of nitrogens with zero attached hydrogens (tertiary/aromatic N) is 1. The number of aromatic nitrogens is 1. The average molecular weight is 276 g/mol. The molecule has 0 spiro atoms. The third-order valence-corrected chi connectivity index (χ3v) is 3.81. The van der Waals surface area contributed by atoms with E-state index in [1.165, 1.54) is 16.6 Å². The average Bonchev–Trinajstić information content (AvgIpc) is 2.53. The fourth-order valence-electron chi connectivity index (χ4n) is 2.62. The Morgan fingerprint density at radius 3 is 2.52 bits per heavy atom. The molecule has 2 heteroatoms. The molecule has 3 aromatic rings. The minimum Gasteiger partial charge on any atom is -0.384 e. The summed E-state index contributed by atoms with van der Waals surface area (Å²) in [7, 11) is 0. The molecule has 0 aliphatic heterocycles. The second-order valence-corrected chi connectivity index (χ2v) is 5.52. The molecule has 0 fully saturated rings. The number of rotatable bonds is 4. The SMILES string of the molecule is Cc1cc(NCC(C)c2ccccc2)c2ccccc2n1. The Morgan fingerprint density at radius 2 is 1.71 bits per heavy atom. The van der Waals surface area contributed by atoms with Gasteiger partial charge in [0.05, 0.1) is 5.52 Å². The van der Waals surface area contributed by atoms with Crippen LogP contribution in [-0.2, 0) is 0 Å². The van der Waals surface area contributed by atoms with Crippen LogP contribution >= 0.6 is 0 Å². The molecule has 106 valence electrons. The van der Waals surface area contributed by atoms with Crippen molar-refractivity contribution in [2.45, 2.75) is 19.8 Å². The fraction of sp³-hybridized carbons (Fsp3) is 0.211. The summed E-state index contributed by atoms with van der Waals surface area (Å²) < 4.78 is 0. The van der Waals surface area contributed by atoms with E-state index in [0.717, 1.165) is 17.8 Å². The smallest absolute Gasteiger partial charge is 0.0725 e. The van der Waals surface area contributed by atoms with Crippen LogP contribution in [0, 0.1) is 6.92 Å². The lowest BCUT2D eigenvalue weighted by Crippen LogP contribution is -2.10. The van der Waals surface area contributed by atoms with Gasteiger partial charge in [0.15, 0.2) is 0 Å². The van der Waals surface area contributed by atoms with E-state index >= 15 is 0 Å². The van der Waals surface area contributed by atoms with E-state index in [-0.39, 0.29) is 0 Å². The van der Waals surface area contributed by atoms with E-state index in [1.54, 1.807) is 0 Å². The zero-order chi connectivity index (χ0) is 14.7. The molecule has 1 atom stereocenters. The quantitative estimate of drug-likeness (QED) is 0.743. The van der Waals surface area contributed by atoms with E-state index in [4.69, 9.17) is 0 Å². The highest BCUT2D eigenvalue weighted by molar-refractivity contribution is 5.91. The van der Waals surface area contributed by atoms with E-state index < -0.39 is 0 Å². The topological polar surface area (TPSA) is 24.9 Å². The lowest BCUT2D eigenvalue weighted by atomic mass is 10.0. The summed E-state index contributed by atoms with van der Waals surface area (Å²) in [5.74, 6) is 0.471. The normalized spacial score (nSPS) is 12.3. The molecule has 0 radical (unpaired) electrons. The van der Waals surface area contributed by atoms with Gasteiger partial charge in [-0.05, 0) is 30.5 Å². The number of pyridine rings is 1. The van der Waals surface area contributed by atoms with Gasteiger partial charge in [0.1, 0.15) is 0 Å². The molecule has 1 unspecified atom stereocenters. The second-order valence-electron chi connectivity index (χ2n) is 5.52. The number of aryl methyl sites for hydroxylation is 1. The Labute approximate surface area is 125 Å². The van der Waals surface area contributed by atoms with Gasteiger partial charge in [-0.2, -0.15) is 0 Å². The first-order valence-electron chi connectivity index (χ1n) is 7.39. The first-order valence-corrected chi connectivity index (χ1v) is 7.39. The van der Waals surface area contributed by atoms with Crippen molar-refractivity contribution < 1.29 is 0 Å². The number of fused-ring (bicyclic) bond motifs is 1. The summed E-state index contributed by atoms with van der Waals surface area (Å²) in [6.07, 6.45) is 0. The summed E-state index contributed by atoms with van der Waals surface area (Å²) in [5.41, 5.74) is 4.62. The molecule has 0 saturated carbocycles. The van der Waals surface area contributed by atoms with Crippen LogP contribution in [-0.4, -0.2) is 11.5 Å². The number of para-hydroxylation sites is 1. The van der Waals surface area contributed by atoms with E-state index in [0.29, 0.717) is 5.92 Å². The van der Waals surface area contributed by atoms with Gasteiger partial charge in [-0.3, -0.25) is 4.98 Å². The second kappa shape index (κ2) is 5.96. The van der Waals surface area contributed by atoms with Crippen molar-refractivity contribution >= 4 is 16.6 Å². The third-order valence-electron chi connectivity index (χ3n) is 3.81. The van der Waals surface area contributed by atoms with Gasteiger partial charge < -0.3 is 5.32 Å². The van der Waals surface area contributed by atoms with Gasteiger partial charge in [-0.1, -0.05) is 55.5 Å². The number of hydrogen-bond acceptors (Lipinski definition) is 2. The van der Waals surface area contributed by atoms with Gasteiger partial charge in [0, 0.05) is 23.3 Å². The summed E-state index contributed by atoms with van der Waals surface area (Å²) in [5, 5.41) is 4.77. The number of hydrogen-bond donors (Lipinski definition) is 1. The molecule has 2 nitrogen and oxygen atoms in total. The van der Waals surface area contributed by atoms with Crippen LogP contribution in [0.4, 0.5) is 5.69 Å². The van der Waals surface area contributed by atoms with Crippen molar-refractivity contribution in [2.75, 3.05) is 11.9 Å². The van der Waals surface area contributed by atoms with Crippen molar-refractivity contribution in [2.24, 2.45) is 0 Å². The van der Waals surface area contributed by atoms with Crippen molar-refractivity contribution in [3.63, 3.8) is 0 Å². The van der Waals surface area contributed by atoms with Crippen LogP contribution in [0.15, 0.2) is 60.7 Å². The molecule has 21 heavy (non-hydrogen) atoms. The molecule has 0 aliphatic carbocycles. The molecule has 1 N–H and O–H groups in total. The minimum absolute atomic E-state index is 0.471. The predicted molar refractivity (Wildman–Crippen MR) is 89.8 cm³/mol. The zero-order valence-electron chi connectivity index (χ0n) is 12.5. The number of benzene rings is 2. The molecule has 0 aliphatic rings. The van der Waals surface area contributed by atoms with Crippen LogP contribution in [0.3, 0.4) is 0 Å². The Kier molecular flexibility index (Phi) is 3.87. The first kappa shape index (κ1) is 13.6. The molecule has 0 bridgehead atoms. The molecule has 0 saturated heterocycles. The largest absolute Gasteiger partial charge is 0.384 e. The maximum atomic E-state index is 4.58. The molecular weight excluding hydrogens is 256 g/mol. The highest BCUT2D eigenvalue weighted by atomic mass is 14.9. The summed E-state index contributed by atoms with van der Waals surface area (Å²) in [6, 6.07) is 21.0. The van der Waals surface area contributed by atoms with Crippen molar-refractivity contribution in [1.29, 1.82) is 0 Å². The van der Waals surface area contributed by atoms with Crippen LogP contribution < -0.4 is 5.32 Å². The maximum absolute atomic E-state index is 4.58. The van der Waals surface area contributed by atoms with Gasteiger partial charge in [-0.15, -0.1) is 0 Å². The number of anilines is 1. The van der Waals surface area contributed by atoms with Crippen LogP contribution in [0.25, 0.3) is 10.9 Å². The van der Waals surface area contributed by atoms with Gasteiger partial charge in [0.2, 0.25) is 0 Å². The molecule has 1 aromatic heterocycles. The van der Waals surface area contributed by atoms with Crippen molar-refractivity contribution in [3.05, 3.63) is 71.9 Å². The fourth-order valence-corrected chi connectivity index (χ4v) is 2.62. The van der Waals surface area contributed by atoms with Gasteiger partial charge >= 0.3 is 0 Å². The highest BCUT2D eigenvalue weighted by Crippen LogP contribution is 2.24. The van der Waals surface area contributed by atoms with E-state index in [2.05, 4.69) is 71.8 Å². The Hall–Kier alpha value is -2.35. The molecule has 0 amide bonds. The highest BCUT2D eigenvalue weighted by Gasteiger charge is 2.07. The van der Waals surface area contributed by atoms with Gasteiger partial charge in [-0.25, -0.2) is 0 Å². The summed E-state index contributed by atoms with van der Waals surface area (Å²) in [6.45, 7) is 5.20. The lowest BCUT2D eigenvalue weighted by Gasteiger charge is -2.16. The van der Waals surface area contributed by atoms with Crippen molar-refractivity contribution in [3.8, 4) is 0 Å². The summed E-state index contributed by atoms with van der Waals surface area (Å²) >= 11 is 0. The zero-order valence-corrected chi connectivity index (χ0v) is 12.5. The summed E-state index contributed by atoms with van der Waals surface area (Å²) in [4.78, 5) is 4.58. The van der Waals surface area contributed by atoms with Crippen molar-refractivity contribution in [1.82, 2.24) is 4.98 Å². The molecular formula is C19H20N2. The lowest BCUT2D eigenvalue weighted by molar-refractivity contribution is 0.805. The third kappa shape index (κ3) is 3.05. The standard InChI is InChI=1S/C19H20N2/c1-14(16-8-4-3-5-9-16)13-20-19-12-15(2)21-18-11-7-6-10-17(18)19/h3-12,14H,13H2,1-2H3,(H,20,21). The first-order chi connectivity index (χ1) is 10.2. The number of nitrogens with one attached hydrogen (secondary N) is 1. The van der Waals surface area contributed by atoms with E-state index in [9.17, 15) is 0 Å². The molecule has 3 rings (SSSR count). The van der Waals surface area contributed by atoms with Crippen LogP contribution in [0.2, 0.25) is 0 Å². The van der Waals surface area contributed by atoms with Gasteiger partial charge in [0.25, 0.3) is 0 Å². The van der Waals surface area contributed by atoms with Crippen LogP contribution in [0.5, 0.6) is 0 Å². The van der Waals surface area contributed by atoms with E-state index in [1.807, 2.05) is 13.0 Å². The maximum Gasteiger partial charge on any atom is 0.0725 e. The predicted octanol–water partition coefficient (Wildman–Crippen LogP) is 4.76. The Morgan fingerprint density at radius 1 is 1.00 bits per heavy atom. The molecule has 1 heterocycles. The van der Waals surface area contributed by atoms with Crippen LogP contribution in [0.1, 0.15) is 24.1 Å².